The number of anilines is 1. The number of aromatic nitrogens is 2. The molecule has 1 heterocycles. The smallest absolute Gasteiger partial charge is 0.225 e. The maximum atomic E-state index is 4.68. The van der Waals surface area contributed by atoms with Gasteiger partial charge in [-0.05, 0) is 32.6 Å². The third-order valence-corrected chi connectivity index (χ3v) is 3.61. The number of nitrogens with zero attached hydrogens (tertiary/aromatic N) is 3. The van der Waals surface area contributed by atoms with E-state index in [2.05, 4.69) is 47.9 Å². The van der Waals surface area contributed by atoms with Crippen LogP contribution in [0.4, 0.5) is 5.95 Å². The van der Waals surface area contributed by atoms with Crippen LogP contribution in [0.2, 0.25) is 0 Å². The highest BCUT2D eigenvalue weighted by Gasteiger charge is 2.24. The Kier molecular flexibility index (Phi) is 4.75. The van der Waals surface area contributed by atoms with Crippen molar-refractivity contribution >= 4 is 5.95 Å². The van der Waals surface area contributed by atoms with Gasteiger partial charge in [-0.1, -0.05) is 13.8 Å². The molecule has 0 atom stereocenters. The Morgan fingerprint density at radius 2 is 2.16 bits per heavy atom. The molecule has 0 bridgehead atoms. The van der Waals surface area contributed by atoms with E-state index in [1.807, 2.05) is 6.20 Å². The van der Waals surface area contributed by atoms with Gasteiger partial charge in [-0.25, -0.2) is 9.97 Å². The van der Waals surface area contributed by atoms with Gasteiger partial charge in [-0.2, -0.15) is 0 Å². The number of rotatable bonds is 7. The van der Waals surface area contributed by atoms with Crippen LogP contribution in [0.1, 0.15) is 44.9 Å². The molecule has 0 amide bonds. The van der Waals surface area contributed by atoms with Gasteiger partial charge in [0.1, 0.15) is 0 Å². The Morgan fingerprint density at radius 3 is 2.68 bits per heavy atom. The van der Waals surface area contributed by atoms with Crippen LogP contribution in [-0.4, -0.2) is 29.1 Å². The van der Waals surface area contributed by atoms with Crippen molar-refractivity contribution in [3.8, 4) is 0 Å². The van der Waals surface area contributed by atoms with Crippen molar-refractivity contribution in [3.63, 3.8) is 0 Å². The fourth-order valence-electron chi connectivity index (χ4n) is 2.08. The second-order valence-corrected chi connectivity index (χ2v) is 5.80. The highest BCUT2D eigenvalue weighted by atomic mass is 15.2. The van der Waals surface area contributed by atoms with Gasteiger partial charge in [-0.15, -0.1) is 0 Å². The minimum atomic E-state index is 0.487. The van der Waals surface area contributed by atoms with E-state index in [0.717, 1.165) is 37.2 Å². The maximum absolute atomic E-state index is 4.68. The third-order valence-electron chi connectivity index (χ3n) is 3.61. The second kappa shape index (κ2) is 6.33. The zero-order valence-electron chi connectivity index (χ0n) is 12.6. The van der Waals surface area contributed by atoms with Gasteiger partial charge in [0, 0.05) is 43.1 Å². The molecule has 19 heavy (non-hydrogen) atoms. The van der Waals surface area contributed by atoms with Crippen LogP contribution in [0.25, 0.3) is 0 Å². The van der Waals surface area contributed by atoms with Crippen molar-refractivity contribution in [2.24, 2.45) is 5.92 Å². The lowest BCUT2D eigenvalue weighted by molar-refractivity contribution is 0.584. The molecule has 0 radical (unpaired) electrons. The van der Waals surface area contributed by atoms with E-state index < -0.39 is 0 Å². The van der Waals surface area contributed by atoms with Crippen molar-refractivity contribution < 1.29 is 0 Å². The standard InChI is InChI=1S/C15H26N4/c1-5-19(10-13-6-7-13)15-17-9-14(12(4)18-15)8-16-11(2)3/h9,11,13,16H,5-8,10H2,1-4H3. The molecule has 0 aliphatic heterocycles. The first-order chi connectivity index (χ1) is 9.10. The van der Waals surface area contributed by atoms with Crippen LogP contribution in [0.5, 0.6) is 0 Å². The molecule has 1 aliphatic carbocycles. The summed E-state index contributed by atoms with van der Waals surface area (Å²) in [5.41, 5.74) is 2.28. The normalized spacial score (nSPS) is 15.0. The minimum Gasteiger partial charge on any atom is -0.341 e. The van der Waals surface area contributed by atoms with Gasteiger partial charge >= 0.3 is 0 Å². The molecule has 1 aromatic rings. The largest absolute Gasteiger partial charge is 0.341 e. The van der Waals surface area contributed by atoms with Crippen LogP contribution in [-0.2, 0) is 6.54 Å². The summed E-state index contributed by atoms with van der Waals surface area (Å²) in [6.45, 7) is 11.5. The summed E-state index contributed by atoms with van der Waals surface area (Å²) in [5, 5.41) is 3.41. The Balaban J connectivity index is 2.03. The lowest BCUT2D eigenvalue weighted by Crippen LogP contribution is -2.28. The van der Waals surface area contributed by atoms with Gasteiger partial charge in [0.15, 0.2) is 0 Å². The van der Waals surface area contributed by atoms with Gasteiger partial charge in [0.05, 0.1) is 0 Å². The molecule has 0 spiro atoms. The van der Waals surface area contributed by atoms with E-state index in [0.29, 0.717) is 6.04 Å². The average molecular weight is 262 g/mol. The Morgan fingerprint density at radius 1 is 1.42 bits per heavy atom. The van der Waals surface area contributed by atoms with Crippen molar-refractivity contribution in [3.05, 3.63) is 17.5 Å². The number of aryl methyl sites for hydroxylation is 1. The third kappa shape index (κ3) is 4.16. The van der Waals surface area contributed by atoms with Gasteiger partial charge < -0.3 is 10.2 Å². The molecule has 106 valence electrons. The first-order valence-electron chi connectivity index (χ1n) is 7.41. The molecule has 1 fully saturated rings. The Hall–Kier alpha value is -1.16. The van der Waals surface area contributed by atoms with Gasteiger partial charge in [-0.3, -0.25) is 0 Å². The van der Waals surface area contributed by atoms with Crippen molar-refractivity contribution in [2.75, 3.05) is 18.0 Å². The predicted molar refractivity (Wildman–Crippen MR) is 79.4 cm³/mol. The summed E-state index contributed by atoms with van der Waals surface area (Å²) in [6.07, 6.45) is 4.71. The van der Waals surface area contributed by atoms with E-state index >= 15 is 0 Å². The summed E-state index contributed by atoms with van der Waals surface area (Å²) in [4.78, 5) is 11.5. The van der Waals surface area contributed by atoms with E-state index in [4.69, 9.17) is 0 Å². The summed E-state index contributed by atoms with van der Waals surface area (Å²) in [5.74, 6) is 1.76. The molecule has 4 nitrogen and oxygen atoms in total. The van der Waals surface area contributed by atoms with Gasteiger partial charge in [0.2, 0.25) is 5.95 Å². The monoisotopic (exact) mass is 262 g/mol. The fraction of sp³-hybridized carbons (Fsp3) is 0.733. The molecule has 1 N–H and O–H groups in total. The quantitative estimate of drug-likeness (QED) is 0.820. The van der Waals surface area contributed by atoms with Crippen LogP contribution < -0.4 is 10.2 Å². The summed E-state index contributed by atoms with van der Waals surface area (Å²) in [6, 6.07) is 0.487. The molecule has 1 saturated carbocycles. The molecule has 0 aromatic carbocycles. The first kappa shape index (κ1) is 14.3. The van der Waals surface area contributed by atoms with Crippen LogP contribution in [0, 0.1) is 12.8 Å². The molecular formula is C15H26N4. The summed E-state index contributed by atoms with van der Waals surface area (Å²) in [7, 11) is 0. The number of hydrogen-bond acceptors (Lipinski definition) is 4. The lowest BCUT2D eigenvalue weighted by Gasteiger charge is -2.21. The molecule has 0 unspecified atom stereocenters. The summed E-state index contributed by atoms with van der Waals surface area (Å²) >= 11 is 0. The highest BCUT2D eigenvalue weighted by molar-refractivity contribution is 5.33. The van der Waals surface area contributed by atoms with Crippen molar-refractivity contribution in [1.82, 2.24) is 15.3 Å². The van der Waals surface area contributed by atoms with Crippen molar-refractivity contribution in [1.29, 1.82) is 0 Å². The SMILES string of the molecule is CCN(CC1CC1)c1ncc(CNC(C)C)c(C)n1. The first-order valence-corrected chi connectivity index (χ1v) is 7.41. The number of hydrogen-bond donors (Lipinski definition) is 1. The number of nitrogens with one attached hydrogen (secondary N) is 1. The Bertz CT molecular complexity index is 413. The van der Waals surface area contributed by atoms with E-state index in [1.54, 1.807) is 0 Å². The van der Waals surface area contributed by atoms with Crippen molar-refractivity contribution in [2.45, 2.75) is 53.1 Å². The molecule has 0 saturated heterocycles. The summed E-state index contributed by atoms with van der Waals surface area (Å²) < 4.78 is 0. The lowest BCUT2D eigenvalue weighted by atomic mass is 10.2. The maximum Gasteiger partial charge on any atom is 0.225 e. The second-order valence-electron chi connectivity index (χ2n) is 5.80. The van der Waals surface area contributed by atoms with Crippen LogP contribution in [0.3, 0.4) is 0 Å². The van der Waals surface area contributed by atoms with E-state index in [1.165, 1.54) is 18.4 Å². The van der Waals surface area contributed by atoms with Crippen LogP contribution in [0.15, 0.2) is 6.20 Å². The highest BCUT2D eigenvalue weighted by Crippen LogP contribution is 2.30. The fourth-order valence-corrected chi connectivity index (χ4v) is 2.08. The zero-order chi connectivity index (χ0) is 13.8. The molecule has 4 heteroatoms. The van der Waals surface area contributed by atoms with Crippen LogP contribution >= 0.6 is 0 Å². The van der Waals surface area contributed by atoms with Gasteiger partial charge in [0.25, 0.3) is 0 Å². The topological polar surface area (TPSA) is 41.1 Å². The minimum absolute atomic E-state index is 0.487. The predicted octanol–water partition coefficient (Wildman–Crippen LogP) is 2.52. The molecular weight excluding hydrogens is 236 g/mol. The van der Waals surface area contributed by atoms with E-state index in [9.17, 15) is 0 Å². The molecule has 1 aliphatic rings. The average Bonchev–Trinajstić information content (AvgIpc) is 3.18. The molecule has 1 aromatic heterocycles. The van der Waals surface area contributed by atoms with E-state index in [-0.39, 0.29) is 0 Å². The molecule has 2 rings (SSSR count). The Labute approximate surface area is 116 Å². The zero-order valence-corrected chi connectivity index (χ0v) is 12.6.